The van der Waals surface area contributed by atoms with E-state index in [1.165, 1.54) is 0 Å². The smallest absolute Gasteiger partial charge is 0.340 e. The molecule has 0 saturated carbocycles. The van der Waals surface area contributed by atoms with Gasteiger partial charge in [0.25, 0.3) is 0 Å². The first kappa shape index (κ1) is 19.9. The zero-order valence-corrected chi connectivity index (χ0v) is 16.0. The van der Waals surface area contributed by atoms with Crippen LogP contribution < -0.4 is 10.2 Å². The number of anilines is 4. The van der Waals surface area contributed by atoms with Crippen LogP contribution in [0.4, 0.5) is 36.3 Å². The number of halogens is 4. The third kappa shape index (κ3) is 4.54. The van der Waals surface area contributed by atoms with Crippen LogP contribution in [0.15, 0.2) is 54.7 Å². The third-order valence-corrected chi connectivity index (χ3v) is 4.47. The minimum Gasteiger partial charge on any atom is -0.340 e. The highest BCUT2D eigenvalue weighted by atomic mass is 35.5. The monoisotopic (exact) mass is 406 g/mol. The molecular formula is C20H18ClF3N4. The van der Waals surface area contributed by atoms with Gasteiger partial charge in [0.2, 0.25) is 5.95 Å². The first-order valence-corrected chi connectivity index (χ1v) is 8.95. The second-order valence-corrected chi connectivity index (χ2v) is 6.58. The van der Waals surface area contributed by atoms with Gasteiger partial charge in [-0.15, -0.1) is 0 Å². The molecule has 0 radical (unpaired) electrons. The Morgan fingerprint density at radius 3 is 2.25 bits per heavy atom. The van der Waals surface area contributed by atoms with E-state index in [2.05, 4.69) is 15.3 Å². The standard InChI is InChI=1S/C20H18ClF3N4/c1-3-13-4-10-16(11-5-13)28(2)19-25-12-17(20(22,23)24)18(27-19)26-15-8-6-14(21)7-9-15/h4-12H,3H2,1-2H3,(H,25,26,27). The maximum Gasteiger partial charge on any atom is 0.421 e. The van der Waals surface area contributed by atoms with Crippen LogP contribution in [0, 0.1) is 0 Å². The molecule has 0 aliphatic rings. The molecule has 0 fully saturated rings. The van der Waals surface area contributed by atoms with Crippen LogP contribution in [0.25, 0.3) is 0 Å². The number of nitrogens with one attached hydrogen (secondary N) is 1. The SMILES string of the molecule is CCc1ccc(N(C)c2ncc(C(F)(F)F)c(Nc3ccc(Cl)cc3)n2)cc1. The first-order chi connectivity index (χ1) is 13.3. The number of aromatic nitrogens is 2. The first-order valence-electron chi connectivity index (χ1n) is 8.57. The summed E-state index contributed by atoms with van der Waals surface area (Å²) in [4.78, 5) is 9.67. The van der Waals surface area contributed by atoms with Gasteiger partial charge in [-0.25, -0.2) is 4.98 Å². The molecule has 2 aromatic carbocycles. The van der Waals surface area contributed by atoms with Crippen molar-refractivity contribution in [2.45, 2.75) is 19.5 Å². The molecule has 146 valence electrons. The molecule has 0 unspecified atom stereocenters. The summed E-state index contributed by atoms with van der Waals surface area (Å²) in [5.41, 5.74) is 1.43. The molecule has 0 bridgehead atoms. The highest BCUT2D eigenvalue weighted by Crippen LogP contribution is 2.36. The predicted octanol–water partition coefficient (Wildman–Crippen LogP) is 6.22. The topological polar surface area (TPSA) is 41.1 Å². The minimum atomic E-state index is -4.59. The molecule has 3 rings (SSSR count). The molecule has 1 N–H and O–H groups in total. The van der Waals surface area contributed by atoms with Crippen LogP contribution >= 0.6 is 11.6 Å². The molecule has 0 spiro atoms. The maximum absolute atomic E-state index is 13.4. The Labute approximate surface area is 166 Å². The van der Waals surface area contributed by atoms with E-state index in [-0.39, 0.29) is 11.8 Å². The van der Waals surface area contributed by atoms with Gasteiger partial charge >= 0.3 is 6.18 Å². The fourth-order valence-electron chi connectivity index (χ4n) is 2.58. The lowest BCUT2D eigenvalue weighted by Crippen LogP contribution is -2.17. The molecule has 1 aromatic heterocycles. The van der Waals surface area contributed by atoms with E-state index in [1.54, 1.807) is 36.2 Å². The zero-order chi connectivity index (χ0) is 20.3. The number of hydrogen-bond acceptors (Lipinski definition) is 4. The maximum atomic E-state index is 13.4. The van der Waals surface area contributed by atoms with Crippen molar-refractivity contribution in [2.75, 3.05) is 17.3 Å². The Hall–Kier alpha value is -2.80. The van der Waals surface area contributed by atoms with E-state index in [4.69, 9.17) is 11.6 Å². The number of benzene rings is 2. The van der Waals surface area contributed by atoms with Gasteiger partial charge in [0.15, 0.2) is 0 Å². The summed E-state index contributed by atoms with van der Waals surface area (Å²) >= 11 is 5.83. The molecule has 0 amide bonds. The third-order valence-electron chi connectivity index (χ3n) is 4.22. The normalized spacial score (nSPS) is 11.4. The average molecular weight is 407 g/mol. The summed E-state index contributed by atoms with van der Waals surface area (Å²) in [5.74, 6) is -0.175. The molecule has 0 aliphatic carbocycles. The number of aryl methyl sites for hydroxylation is 1. The van der Waals surface area contributed by atoms with Gasteiger partial charge in [-0.2, -0.15) is 18.2 Å². The Morgan fingerprint density at radius 2 is 1.68 bits per heavy atom. The lowest BCUT2D eigenvalue weighted by Gasteiger charge is -2.20. The number of hydrogen-bond donors (Lipinski definition) is 1. The molecule has 8 heteroatoms. The van der Waals surface area contributed by atoms with Crippen molar-refractivity contribution in [3.8, 4) is 0 Å². The highest BCUT2D eigenvalue weighted by molar-refractivity contribution is 6.30. The van der Waals surface area contributed by atoms with E-state index in [9.17, 15) is 13.2 Å². The van der Waals surface area contributed by atoms with Crippen LogP contribution in [0.5, 0.6) is 0 Å². The second-order valence-electron chi connectivity index (χ2n) is 6.14. The number of alkyl halides is 3. The quantitative estimate of drug-likeness (QED) is 0.546. The van der Waals surface area contributed by atoms with Gasteiger partial charge in [0, 0.05) is 29.6 Å². The van der Waals surface area contributed by atoms with Crippen molar-refractivity contribution in [1.29, 1.82) is 0 Å². The van der Waals surface area contributed by atoms with Crippen LogP contribution in [-0.4, -0.2) is 17.0 Å². The van der Waals surface area contributed by atoms with Crippen molar-refractivity contribution < 1.29 is 13.2 Å². The second kappa shape index (κ2) is 8.06. The largest absolute Gasteiger partial charge is 0.421 e. The zero-order valence-electron chi connectivity index (χ0n) is 15.3. The number of nitrogens with zero attached hydrogens (tertiary/aromatic N) is 3. The van der Waals surface area contributed by atoms with E-state index in [0.29, 0.717) is 10.7 Å². The summed E-state index contributed by atoms with van der Waals surface area (Å²) < 4.78 is 40.2. The predicted molar refractivity (Wildman–Crippen MR) is 106 cm³/mol. The molecule has 4 nitrogen and oxygen atoms in total. The molecule has 0 saturated heterocycles. The summed E-state index contributed by atoms with van der Waals surface area (Å²) in [6.07, 6.45) is -2.90. The van der Waals surface area contributed by atoms with Crippen LogP contribution in [0.3, 0.4) is 0 Å². The van der Waals surface area contributed by atoms with Crippen molar-refractivity contribution in [3.05, 3.63) is 70.9 Å². The summed E-state index contributed by atoms with van der Waals surface area (Å²) in [5, 5.41) is 3.20. The molecule has 28 heavy (non-hydrogen) atoms. The number of rotatable bonds is 5. The fourth-order valence-corrected chi connectivity index (χ4v) is 2.70. The molecule has 3 aromatic rings. The van der Waals surface area contributed by atoms with Crippen LogP contribution in [0.1, 0.15) is 18.1 Å². The average Bonchev–Trinajstić information content (AvgIpc) is 2.68. The van der Waals surface area contributed by atoms with E-state index in [1.807, 2.05) is 31.2 Å². The minimum absolute atomic E-state index is 0.147. The Bertz CT molecular complexity index is 941. The van der Waals surface area contributed by atoms with Gasteiger partial charge < -0.3 is 10.2 Å². The summed E-state index contributed by atoms with van der Waals surface area (Å²) in [6.45, 7) is 2.05. The lowest BCUT2D eigenvalue weighted by atomic mass is 10.1. The van der Waals surface area contributed by atoms with Gasteiger partial charge in [-0.05, 0) is 48.4 Å². The van der Waals surface area contributed by atoms with E-state index >= 15 is 0 Å². The van der Waals surface area contributed by atoms with Crippen molar-refractivity contribution in [2.24, 2.45) is 0 Å². The molecule has 0 atom stereocenters. The van der Waals surface area contributed by atoms with Crippen molar-refractivity contribution in [1.82, 2.24) is 9.97 Å². The Morgan fingerprint density at radius 1 is 1.04 bits per heavy atom. The highest BCUT2D eigenvalue weighted by Gasteiger charge is 2.35. The van der Waals surface area contributed by atoms with Gasteiger partial charge in [-0.3, -0.25) is 0 Å². The van der Waals surface area contributed by atoms with Gasteiger partial charge in [0.1, 0.15) is 11.4 Å². The van der Waals surface area contributed by atoms with Gasteiger partial charge in [0.05, 0.1) is 0 Å². The Balaban J connectivity index is 1.97. The lowest BCUT2D eigenvalue weighted by molar-refractivity contribution is -0.137. The van der Waals surface area contributed by atoms with Gasteiger partial charge in [-0.1, -0.05) is 30.7 Å². The van der Waals surface area contributed by atoms with Crippen molar-refractivity contribution in [3.63, 3.8) is 0 Å². The molecule has 0 aliphatic heterocycles. The van der Waals surface area contributed by atoms with E-state index < -0.39 is 11.7 Å². The molecule has 1 heterocycles. The van der Waals surface area contributed by atoms with Crippen molar-refractivity contribution >= 4 is 34.7 Å². The van der Waals surface area contributed by atoms with E-state index in [0.717, 1.165) is 23.9 Å². The fraction of sp³-hybridized carbons (Fsp3) is 0.200. The Kier molecular flexibility index (Phi) is 5.74. The summed E-state index contributed by atoms with van der Waals surface area (Å²) in [7, 11) is 1.70. The molecular weight excluding hydrogens is 389 g/mol. The van der Waals surface area contributed by atoms with Crippen LogP contribution in [0.2, 0.25) is 5.02 Å². The van der Waals surface area contributed by atoms with Crippen LogP contribution in [-0.2, 0) is 12.6 Å². The summed E-state index contributed by atoms with van der Waals surface area (Å²) in [6, 6.07) is 14.0.